The van der Waals surface area contributed by atoms with Gasteiger partial charge in [-0.25, -0.2) is 8.42 Å². The molecule has 0 spiro atoms. The summed E-state index contributed by atoms with van der Waals surface area (Å²) in [5.74, 6) is 0.722. The first-order valence-electron chi connectivity index (χ1n) is 11.2. The van der Waals surface area contributed by atoms with E-state index in [2.05, 4.69) is 37.7 Å². The van der Waals surface area contributed by atoms with Gasteiger partial charge in [-0.3, -0.25) is 9.52 Å². The molecule has 1 amide bonds. The zero-order valence-corrected chi connectivity index (χ0v) is 21.3. The monoisotopic (exact) mass is 480 g/mol. The lowest BCUT2D eigenvalue weighted by Crippen LogP contribution is -2.19. The maximum absolute atomic E-state index is 13.4. The van der Waals surface area contributed by atoms with Crippen LogP contribution in [0.4, 0.5) is 11.4 Å². The maximum atomic E-state index is 13.4. The standard InChI is InChI=1S/C27H32N2O4S/c1-17(2)23-8-7-9-24(18(3)4)26(23)28-27(30)25-16-22(15-10-19(25)5)34(31,32)29-20-11-13-21(33-6)14-12-20/h7-18,29H,1-6H3,(H,28,30). The van der Waals surface area contributed by atoms with E-state index in [0.717, 1.165) is 16.8 Å². The Labute approximate surface area is 202 Å². The highest BCUT2D eigenvalue weighted by molar-refractivity contribution is 7.92. The van der Waals surface area contributed by atoms with Gasteiger partial charge in [0.1, 0.15) is 5.75 Å². The average molecular weight is 481 g/mol. The summed E-state index contributed by atoms with van der Waals surface area (Å²) in [7, 11) is -2.35. The van der Waals surface area contributed by atoms with E-state index in [1.165, 1.54) is 12.1 Å². The minimum atomic E-state index is -3.89. The number of para-hydroxylation sites is 1. The Hall–Kier alpha value is -3.32. The van der Waals surface area contributed by atoms with Crippen molar-refractivity contribution in [2.75, 3.05) is 17.1 Å². The number of carbonyl (C=O) groups is 1. The minimum absolute atomic E-state index is 0.0142. The first kappa shape index (κ1) is 25.3. The molecule has 7 heteroatoms. The Bertz CT molecular complexity index is 1250. The Balaban J connectivity index is 1.94. The van der Waals surface area contributed by atoms with Crippen molar-refractivity contribution in [1.82, 2.24) is 0 Å². The number of methoxy groups -OCH3 is 1. The predicted octanol–water partition coefficient (Wildman–Crippen LogP) is 6.30. The summed E-state index contributed by atoms with van der Waals surface area (Å²) in [4.78, 5) is 13.4. The number of carbonyl (C=O) groups excluding carboxylic acids is 1. The number of hydrogen-bond acceptors (Lipinski definition) is 4. The predicted molar refractivity (Wildman–Crippen MR) is 138 cm³/mol. The molecular weight excluding hydrogens is 448 g/mol. The van der Waals surface area contributed by atoms with Crippen LogP contribution >= 0.6 is 0 Å². The third-order valence-corrected chi connectivity index (χ3v) is 7.10. The molecule has 0 radical (unpaired) electrons. The first-order valence-corrected chi connectivity index (χ1v) is 12.7. The number of amides is 1. The van der Waals surface area contributed by atoms with Crippen LogP contribution in [0.15, 0.2) is 65.6 Å². The second-order valence-corrected chi connectivity index (χ2v) is 10.6. The molecule has 0 aliphatic heterocycles. The summed E-state index contributed by atoms with van der Waals surface area (Å²) in [6.07, 6.45) is 0. The number of nitrogens with one attached hydrogen (secondary N) is 2. The largest absolute Gasteiger partial charge is 0.497 e. The van der Waals surface area contributed by atoms with Crippen molar-refractivity contribution in [1.29, 1.82) is 0 Å². The topological polar surface area (TPSA) is 84.5 Å². The fourth-order valence-corrected chi connectivity index (χ4v) is 4.85. The summed E-state index contributed by atoms with van der Waals surface area (Å²) in [6.45, 7) is 10.1. The minimum Gasteiger partial charge on any atom is -0.497 e. The van der Waals surface area contributed by atoms with E-state index in [9.17, 15) is 13.2 Å². The molecule has 0 aromatic heterocycles. The van der Waals surface area contributed by atoms with Crippen molar-refractivity contribution in [3.8, 4) is 5.75 Å². The van der Waals surface area contributed by atoms with Crippen molar-refractivity contribution < 1.29 is 17.9 Å². The molecule has 180 valence electrons. The van der Waals surface area contributed by atoms with Crippen LogP contribution in [0.2, 0.25) is 0 Å². The number of sulfonamides is 1. The Morgan fingerprint density at radius 3 is 2.00 bits per heavy atom. The van der Waals surface area contributed by atoms with Gasteiger partial charge in [-0.1, -0.05) is 52.0 Å². The quantitative estimate of drug-likeness (QED) is 0.396. The molecule has 0 fully saturated rings. The molecule has 3 aromatic carbocycles. The molecule has 0 saturated carbocycles. The molecule has 0 atom stereocenters. The Kier molecular flexibility index (Phi) is 7.67. The molecule has 0 bridgehead atoms. The summed E-state index contributed by atoms with van der Waals surface area (Å²) in [5.41, 5.74) is 4.28. The number of anilines is 2. The van der Waals surface area contributed by atoms with Gasteiger partial charge < -0.3 is 10.1 Å². The van der Waals surface area contributed by atoms with Gasteiger partial charge in [-0.2, -0.15) is 0 Å². The van der Waals surface area contributed by atoms with Crippen molar-refractivity contribution in [3.05, 3.63) is 82.9 Å². The number of rotatable bonds is 8. The number of benzene rings is 3. The fraction of sp³-hybridized carbons (Fsp3) is 0.296. The van der Waals surface area contributed by atoms with Gasteiger partial charge in [0, 0.05) is 16.9 Å². The highest BCUT2D eigenvalue weighted by Gasteiger charge is 2.21. The molecule has 0 unspecified atom stereocenters. The lowest BCUT2D eigenvalue weighted by molar-refractivity contribution is 0.102. The van der Waals surface area contributed by atoms with E-state index in [1.54, 1.807) is 44.4 Å². The first-order chi connectivity index (χ1) is 16.0. The van der Waals surface area contributed by atoms with Crippen LogP contribution in [-0.2, 0) is 10.0 Å². The smallest absolute Gasteiger partial charge is 0.261 e. The van der Waals surface area contributed by atoms with E-state index >= 15 is 0 Å². The molecule has 34 heavy (non-hydrogen) atoms. The van der Waals surface area contributed by atoms with Crippen LogP contribution in [0.1, 0.15) is 66.6 Å². The third kappa shape index (κ3) is 5.59. The molecule has 0 saturated heterocycles. The van der Waals surface area contributed by atoms with Crippen LogP contribution < -0.4 is 14.8 Å². The van der Waals surface area contributed by atoms with Gasteiger partial charge in [-0.05, 0) is 71.8 Å². The zero-order chi connectivity index (χ0) is 25.0. The second-order valence-electron chi connectivity index (χ2n) is 8.89. The second kappa shape index (κ2) is 10.3. The van der Waals surface area contributed by atoms with E-state index < -0.39 is 10.0 Å². The van der Waals surface area contributed by atoms with E-state index in [1.807, 2.05) is 18.2 Å². The molecule has 0 aliphatic carbocycles. The van der Waals surface area contributed by atoms with Gasteiger partial charge >= 0.3 is 0 Å². The molecule has 0 heterocycles. The van der Waals surface area contributed by atoms with Crippen molar-refractivity contribution in [2.45, 2.75) is 51.3 Å². The summed E-state index contributed by atoms with van der Waals surface area (Å²) >= 11 is 0. The fourth-order valence-electron chi connectivity index (χ4n) is 3.76. The average Bonchev–Trinajstić information content (AvgIpc) is 2.79. The Morgan fingerprint density at radius 1 is 0.882 bits per heavy atom. The van der Waals surface area contributed by atoms with Crippen LogP contribution in [0.3, 0.4) is 0 Å². The van der Waals surface area contributed by atoms with Crippen LogP contribution in [-0.4, -0.2) is 21.4 Å². The zero-order valence-electron chi connectivity index (χ0n) is 20.5. The van der Waals surface area contributed by atoms with Crippen LogP contribution in [0.5, 0.6) is 5.75 Å². The summed E-state index contributed by atoms with van der Waals surface area (Å²) in [5, 5.41) is 3.07. The normalized spacial score (nSPS) is 11.5. The SMILES string of the molecule is COc1ccc(NS(=O)(=O)c2ccc(C)c(C(=O)Nc3c(C(C)C)cccc3C(C)C)c2)cc1. The van der Waals surface area contributed by atoms with Crippen molar-refractivity contribution in [2.24, 2.45) is 0 Å². The van der Waals surface area contributed by atoms with Gasteiger partial charge in [0.25, 0.3) is 15.9 Å². The molecule has 2 N–H and O–H groups in total. The number of hydrogen-bond donors (Lipinski definition) is 2. The van der Waals surface area contributed by atoms with Crippen molar-refractivity contribution in [3.63, 3.8) is 0 Å². The molecule has 3 aromatic rings. The van der Waals surface area contributed by atoms with Crippen LogP contribution in [0, 0.1) is 6.92 Å². The summed E-state index contributed by atoms with van der Waals surface area (Å²) < 4.78 is 33.7. The molecule has 0 aliphatic rings. The maximum Gasteiger partial charge on any atom is 0.261 e. The lowest BCUT2D eigenvalue weighted by Gasteiger charge is -2.20. The van der Waals surface area contributed by atoms with Gasteiger partial charge in [0.05, 0.1) is 12.0 Å². The highest BCUT2D eigenvalue weighted by atomic mass is 32.2. The summed E-state index contributed by atoms with van der Waals surface area (Å²) in [6, 6.07) is 17.2. The highest BCUT2D eigenvalue weighted by Crippen LogP contribution is 2.33. The van der Waals surface area contributed by atoms with Gasteiger partial charge in [0.15, 0.2) is 0 Å². The number of aryl methyl sites for hydroxylation is 1. The number of ether oxygens (including phenoxy) is 1. The molecular formula is C27H32N2O4S. The lowest BCUT2D eigenvalue weighted by atomic mass is 9.92. The third-order valence-electron chi connectivity index (χ3n) is 5.72. The van der Waals surface area contributed by atoms with Gasteiger partial charge in [-0.15, -0.1) is 0 Å². The van der Waals surface area contributed by atoms with Gasteiger partial charge in [0.2, 0.25) is 0 Å². The van der Waals surface area contributed by atoms with E-state index in [0.29, 0.717) is 22.6 Å². The molecule has 6 nitrogen and oxygen atoms in total. The van der Waals surface area contributed by atoms with Crippen molar-refractivity contribution >= 4 is 27.3 Å². The van der Waals surface area contributed by atoms with E-state index in [4.69, 9.17) is 4.74 Å². The Morgan fingerprint density at radius 2 is 1.47 bits per heavy atom. The molecule has 3 rings (SSSR count). The van der Waals surface area contributed by atoms with Crippen LogP contribution in [0.25, 0.3) is 0 Å². The van der Waals surface area contributed by atoms with E-state index in [-0.39, 0.29) is 22.6 Å².